The highest BCUT2D eigenvalue weighted by atomic mass is 16.5. The van der Waals surface area contributed by atoms with E-state index in [-0.39, 0.29) is 5.75 Å². The van der Waals surface area contributed by atoms with E-state index in [4.69, 9.17) is 9.72 Å². The number of phenolic OH excluding ortho intramolecular Hbond substituents is 1. The molecule has 0 spiro atoms. The summed E-state index contributed by atoms with van der Waals surface area (Å²) in [4.78, 5) is 11.0. The molecule has 1 aromatic heterocycles. The fourth-order valence-electron chi connectivity index (χ4n) is 4.57. The number of methoxy groups -OCH3 is 1. The van der Waals surface area contributed by atoms with E-state index in [1.807, 2.05) is 48.5 Å². The van der Waals surface area contributed by atoms with E-state index in [9.17, 15) is 5.11 Å². The van der Waals surface area contributed by atoms with Crippen LogP contribution in [0.4, 0.5) is 0 Å². The van der Waals surface area contributed by atoms with Crippen LogP contribution in [0, 0.1) is 0 Å². The maximum atomic E-state index is 10.8. The van der Waals surface area contributed by atoms with Gasteiger partial charge in [0.2, 0.25) is 0 Å². The summed E-state index contributed by atoms with van der Waals surface area (Å²) in [5.41, 5.74) is 5.77. The maximum absolute atomic E-state index is 10.8. The van der Waals surface area contributed by atoms with E-state index in [0.29, 0.717) is 12.3 Å². The van der Waals surface area contributed by atoms with Crippen molar-refractivity contribution in [2.24, 2.45) is 0 Å². The molecule has 0 bridgehead atoms. The van der Waals surface area contributed by atoms with Crippen molar-refractivity contribution < 1.29 is 9.84 Å². The van der Waals surface area contributed by atoms with Gasteiger partial charge in [0.1, 0.15) is 5.82 Å². The summed E-state index contributed by atoms with van der Waals surface area (Å²) >= 11 is 0. The third kappa shape index (κ3) is 4.50. The first-order chi connectivity index (χ1) is 16.2. The number of aromatic hydroxyl groups is 1. The average molecular weight is 440 g/mol. The normalized spacial score (nSPS) is 14.3. The van der Waals surface area contributed by atoms with Crippen molar-refractivity contribution in [3.05, 3.63) is 78.4 Å². The summed E-state index contributed by atoms with van der Waals surface area (Å²) in [6.45, 7) is 2.82. The van der Waals surface area contributed by atoms with Gasteiger partial charge in [0.05, 0.1) is 18.5 Å². The molecule has 5 nitrogen and oxygen atoms in total. The Morgan fingerprint density at radius 2 is 1.55 bits per heavy atom. The van der Waals surface area contributed by atoms with Gasteiger partial charge in [-0.15, -0.1) is 0 Å². The molecule has 1 fully saturated rings. The topological polar surface area (TPSA) is 61.4 Å². The molecular formula is C28H29N3O2. The van der Waals surface area contributed by atoms with Crippen molar-refractivity contribution >= 4 is 0 Å². The van der Waals surface area contributed by atoms with Gasteiger partial charge in [0.15, 0.2) is 11.5 Å². The van der Waals surface area contributed by atoms with E-state index >= 15 is 0 Å². The number of likely N-dealkylation sites (tertiary alicyclic amines) is 1. The number of benzene rings is 3. The number of aromatic nitrogens is 2. The predicted octanol–water partition coefficient (Wildman–Crippen LogP) is 6.11. The van der Waals surface area contributed by atoms with Gasteiger partial charge >= 0.3 is 0 Å². The van der Waals surface area contributed by atoms with Crippen LogP contribution in [0.1, 0.15) is 24.8 Å². The summed E-state index contributed by atoms with van der Waals surface area (Å²) in [6, 6.07) is 24.4. The number of aromatic amines is 1. The van der Waals surface area contributed by atoms with Crippen LogP contribution in [-0.4, -0.2) is 40.2 Å². The number of ether oxygens (including phenoxy) is 1. The van der Waals surface area contributed by atoms with Crippen molar-refractivity contribution in [1.82, 2.24) is 14.9 Å². The molecule has 3 aromatic carbocycles. The minimum Gasteiger partial charge on any atom is -0.504 e. The lowest BCUT2D eigenvalue weighted by atomic mass is 10.1. The quantitative estimate of drug-likeness (QED) is 0.380. The number of nitrogens with one attached hydrogen (secondary N) is 1. The first-order valence-corrected chi connectivity index (χ1v) is 11.6. The SMILES string of the molecule is COc1cc(-c2nc(-c3ccccc3)c(-c3ccccc3)[nH]2)cc(CN2CCCCC2)c1O. The molecule has 2 N–H and O–H groups in total. The highest BCUT2D eigenvalue weighted by molar-refractivity contribution is 5.81. The Balaban J connectivity index is 1.60. The molecule has 4 aromatic rings. The minimum atomic E-state index is 0.213. The highest BCUT2D eigenvalue weighted by Crippen LogP contribution is 2.38. The fourth-order valence-corrected chi connectivity index (χ4v) is 4.57. The monoisotopic (exact) mass is 439 g/mol. The molecule has 5 rings (SSSR count). The molecule has 0 amide bonds. The molecule has 33 heavy (non-hydrogen) atoms. The van der Waals surface area contributed by atoms with Crippen LogP contribution >= 0.6 is 0 Å². The Hall–Kier alpha value is -3.57. The van der Waals surface area contributed by atoms with E-state index in [0.717, 1.165) is 52.6 Å². The number of H-pyrrole nitrogens is 1. The lowest BCUT2D eigenvalue weighted by Gasteiger charge is -2.27. The number of imidazole rings is 1. The van der Waals surface area contributed by atoms with Crippen LogP contribution in [0.3, 0.4) is 0 Å². The molecule has 1 saturated heterocycles. The van der Waals surface area contributed by atoms with Crippen molar-refractivity contribution in [3.63, 3.8) is 0 Å². The van der Waals surface area contributed by atoms with Crippen LogP contribution in [0.15, 0.2) is 72.8 Å². The van der Waals surface area contributed by atoms with Crippen molar-refractivity contribution in [2.75, 3.05) is 20.2 Å². The molecule has 0 saturated carbocycles. The van der Waals surface area contributed by atoms with Crippen LogP contribution < -0.4 is 4.74 Å². The Kier molecular flexibility index (Phi) is 6.13. The third-order valence-electron chi connectivity index (χ3n) is 6.30. The second-order valence-corrected chi connectivity index (χ2v) is 8.56. The summed E-state index contributed by atoms with van der Waals surface area (Å²) in [6.07, 6.45) is 3.69. The zero-order chi connectivity index (χ0) is 22.6. The Morgan fingerprint density at radius 3 is 2.21 bits per heavy atom. The van der Waals surface area contributed by atoms with Gasteiger partial charge in [-0.3, -0.25) is 4.90 Å². The zero-order valence-corrected chi connectivity index (χ0v) is 18.9. The first kappa shape index (κ1) is 21.3. The first-order valence-electron chi connectivity index (χ1n) is 11.6. The minimum absolute atomic E-state index is 0.213. The predicted molar refractivity (Wildman–Crippen MR) is 132 cm³/mol. The number of rotatable bonds is 6. The van der Waals surface area contributed by atoms with Crippen LogP contribution in [-0.2, 0) is 6.54 Å². The highest BCUT2D eigenvalue weighted by Gasteiger charge is 2.20. The number of hydrogen-bond donors (Lipinski definition) is 2. The van der Waals surface area contributed by atoms with Crippen molar-refractivity contribution in [3.8, 4) is 45.4 Å². The summed E-state index contributed by atoms with van der Waals surface area (Å²) in [5, 5.41) is 10.8. The fraction of sp³-hybridized carbons (Fsp3) is 0.250. The Morgan fingerprint density at radius 1 is 0.879 bits per heavy atom. The van der Waals surface area contributed by atoms with E-state index in [1.54, 1.807) is 7.11 Å². The molecule has 1 aliphatic rings. The zero-order valence-electron chi connectivity index (χ0n) is 18.9. The van der Waals surface area contributed by atoms with Gasteiger partial charge in [-0.25, -0.2) is 4.98 Å². The van der Waals surface area contributed by atoms with Gasteiger partial charge in [0.25, 0.3) is 0 Å². The van der Waals surface area contributed by atoms with Gasteiger partial charge in [0, 0.05) is 28.8 Å². The molecule has 168 valence electrons. The standard InChI is InChI=1S/C28H29N3O2/c1-33-24-18-22(17-23(27(24)32)19-31-15-9-4-10-16-31)28-29-25(20-11-5-2-6-12-20)26(30-28)21-13-7-3-8-14-21/h2-3,5-8,11-14,17-18,32H,4,9-10,15-16,19H2,1H3,(H,29,30). The van der Waals surface area contributed by atoms with E-state index in [1.165, 1.54) is 19.3 Å². The van der Waals surface area contributed by atoms with Gasteiger partial charge in [-0.05, 0) is 38.1 Å². The Bertz CT molecular complexity index is 1160. The largest absolute Gasteiger partial charge is 0.504 e. The number of nitrogens with zero attached hydrogens (tertiary/aromatic N) is 2. The lowest BCUT2D eigenvalue weighted by Crippen LogP contribution is -2.29. The molecule has 0 radical (unpaired) electrons. The molecule has 5 heteroatoms. The lowest BCUT2D eigenvalue weighted by molar-refractivity contribution is 0.218. The van der Waals surface area contributed by atoms with Crippen molar-refractivity contribution in [1.29, 1.82) is 0 Å². The second kappa shape index (κ2) is 9.51. The summed E-state index contributed by atoms with van der Waals surface area (Å²) in [5.74, 6) is 1.44. The van der Waals surface area contributed by atoms with E-state index in [2.05, 4.69) is 34.1 Å². The maximum Gasteiger partial charge on any atom is 0.162 e. The molecule has 0 atom stereocenters. The van der Waals surface area contributed by atoms with Gasteiger partial charge < -0.3 is 14.8 Å². The molecule has 0 aliphatic carbocycles. The molecule has 1 aliphatic heterocycles. The molecule has 0 unspecified atom stereocenters. The second-order valence-electron chi connectivity index (χ2n) is 8.56. The number of phenols is 1. The molecular weight excluding hydrogens is 410 g/mol. The smallest absolute Gasteiger partial charge is 0.162 e. The summed E-state index contributed by atoms with van der Waals surface area (Å²) < 4.78 is 5.53. The van der Waals surface area contributed by atoms with Crippen LogP contribution in [0.5, 0.6) is 11.5 Å². The number of piperidine rings is 1. The van der Waals surface area contributed by atoms with E-state index < -0.39 is 0 Å². The number of hydrogen-bond acceptors (Lipinski definition) is 4. The van der Waals surface area contributed by atoms with Gasteiger partial charge in [-0.2, -0.15) is 0 Å². The molecule has 2 heterocycles. The Labute approximate surface area is 194 Å². The van der Waals surface area contributed by atoms with Crippen molar-refractivity contribution in [2.45, 2.75) is 25.8 Å². The van der Waals surface area contributed by atoms with Gasteiger partial charge in [-0.1, -0.05) is 67.1 Å². The van der Waals surface area contributed by atoms with Crippen LogP contribution in [0.2, 0.25) is 0 Å². The average Bonchev–Trinajstić information content (AvgIpc) is 3.33. The van der Waals surface area contributed by atoms with Crippen LogP contribution in [0.25, 0.3) is 33.9 Å². The summed E-state index contributed by atoms with van der Waals surface area (Å²) in [7, 11) is 1.59. The third-order valence-corrected chi connectivity index (χ3v) is 6.30.